The van der Waals surface area contributed by atoms with Gasteiger partial charge in [0.05, 0.1) is 5.60 Å². The molecular formula is C15H26N2O. The van der Waals surface area contributed by atoms with Gasteiger partial charge in [-0.15, -0.1) is 0 Å². The summed E-state index contributed by atoms with van der Waals surface area (Å²) in [6.07, 6.45) is 8.58. The number of rotatable bonds is 5. The third kappa shape index (κ3) is 3.59. The van der Waals surface area contributed by atoms with Crippen molar-refractivity contribution in [3.05, 3.63) is 24.0 Å². The van der Waals surface area contributed by atoms with Gasteiger partial charge in [0.1, 0.15) is 0 Å². The van der Waals surface area contributed by atoms with E-state index < -0.39 is 5.60 Å². The summed E-state index contributed by atoms with van der Waals surface area (Å²) in [6.45, 7) is 6.97. The van der Waals surface area contributed by atoms with E-state index in [0.29, 0.717) is 12.5 Å². The fourth-order valence-corrected chi connectivity index (χ4v) is 3.02. The van der Waals surface area contributed by atoms with E-state index in [1.165, 1.54) is 12.0 Å². The Bertz CT molecular complexity index is 374. The molecule has 1 aliphatic carbocycles. The SMILES string of the molecule is CCn1ccc(CNCC2(O)CCCC(C)C2)c1. The van der Waals surface area contributed by atoms with Crippen molar-refractivity contribution in [2.75, 3.05) is 6.54 Å². The van der Waals surface area contributed by atoms with Crippen LogP contribution >= 0.6 is 0 Å². The zero-order chi connectivity index (χ0) is 13.0. The van der Waals surface area contributed by atoms with Crippen molar-refractivity contribution < 1.29 is 5.11 Å². The molecule has 1 heterocycles. The highest BCUT2D eigenvalue weighted by Gasteiger charge is 2.31. The Labute approximate surface area is 110 Å². The lowest BCUT2D eigenvalue weighted by molar-refractivity contribution is -0.0119. The molecule has 18 heavy (non-hydrogen) atoms. The highest BCUT2D eigenvalue weighted by Crippen LogP contribution is 2.31. The molecule has 0 spiro atoms. The zero-order valence-corrected chi connectivity index (χ0v) is 11.7. The van der Waals surface area contributed by atoms with Gasteiger partial charge in [0.2, 0.25) is 0 Å². The molecule has 2 rings (SSSR count). The Balaban J connectivity index is 1.77. The van der Waals surface area contributed by atoms with Crippen LogP contribution in [0.4, 0.5) is 0 Å². The highest BCUT2D eigenvalue weighted by molar-refractivity contribution is 5.10. The maximum absolute atomic E-state index is 10.5. The maximum Gasteiger partial charge on any atom is 0.0774 e. The number of nitrogens with zero attached hydrogens (tertiary/aromatic N) is 1. The molecule has 3 nitrogen and oxygen atoms in total. The molecule has 0 aromatic carbocycles. The van der Waals surface area contributed by atoms with Gasteiger partial charge in [-0.05, 0) is 37.3 Å². The molecule has 1 aromatic rings. The second-order valence-electron chi connectivity index (χ2n) is 5.88. The van der Waals surface area contributed by atoms with Crippen LogP contribution in [0.2, 0.25) is 0 Å². The summed E-state index contributed by atoms with van der Waals surface area (Å²) < 4.78 is 2.18. The van der Waals surface area contributed by atoms with E-state index in [1.54, 1.807) is 0 Å². The zero-order valence-electron chi connectivity index (χ0n) is 11.7. The fourth-order valence-electron chi connectivity index (χ4n) is 3.02. The van der Waals surface area contributed by atoms with Crippen molar-refractivity contribution in [3.63, 3.8) is 0 Å². The predicted octanol–water partition coefficient (Wildman–Crippen LogP) is 2.54. The highest BCUT2D eigenvalue weighted by atomic mass is 16.3. The minimum absolute atomic E-state index is 0.481. The van der Waals surface area contributed by atoms with Gasteiger partial charge in [-0.1, -0.05) is 19.8 Å². The van der Waals surface area contributed by atoms with Crippen LogP contribution in [-0.4, -0.2) is 21.8 Å². The van der Waals surface area contributed by atoms with E-state index in [-0.39, 0.29) is 0 Å². The normalized spacial score (nSPS) is 28.5. The molecule has 1 aliphatic rings. The van der Waals surface area contributed by atoms with Crippen LogP contribution in [-0.2, 0) is 13.1 Å². The molecule has 1 saturated carbocycles. The largest absolute Gasteiger partial charge is 0.389 e. The topological polar surface area (TPSA) is 37.2 Å². The number of aryl methyl sites for hydroxylation is 1. The molecule has 2 unspecified atom stereocenters. The van der Waals surface area contributed by atoms with Crippen LogP contribution in [0.15, 0.2) is 18.5 Å². The Morgan fingerprint density at radius 3 is 3.06 bits per heavy atom. The Morgan fingerprint density at radius 1 is 1.56 bits per heavy atom. The first kappa shape index (κ1) is 13.6. The molecule has 3 heteroatoms. The molecule has 1 fully saturated rings. The quantitative estimate of drug-likeness (QED) is 0.842. The lowest BCUT2D eigenvalue weighted by Gasteiger charge is -2.35. The number of nitrogens with one attached hydrogen (secondary N) is 1. The van der Waals surface area contributed by atoms with Crippen LogP contribution < -0.4 is 5.32 Å². The van der Waals surface area contributed by atoms with E-state index in [4.69, 9.17) is 0 Å². The first-order chi connectivity index (χ1) is 8.61. The number of hydrogen-bond donors (Lipinski definition) is 2. The Morgan fingerprint density at radius 2 is 2.39 bits per heavy atom. The summed E-state index contributed by atoms with van der Waals surface area (Å²) in [6, 6.07) is 2.14. The summed E-state index contributed by atoms with van der Waals surface area (Å²) >= 11 is 0. The molecule has 0 radical (unpaired) electrons. The van der Waals surface area contributed by atoms with E-state index in [1.807, 2.05) is 0 Å². The van der Waals surface area contributed by atoms with Gasteiger partial charge < -0.3 is 15.0 Å². The average molecular weight is 250 g/mol. The van der Waals surface area contributed by atoms with Crippen molar-refractivity contribution >= 4 is 0 Å². The minimum Gasteiger partial charge on any atom is -0.389 e. The predicted molar refractivity (Wildman–Crippen MR) is 74.4 cm³/mol. The number of aliphatic hydroxyl groups is 1. The molecule has 0 bridgehead atoms. The van der Waals surface area contributed by atoms with Crippen LogP contribution in [0.25, 0.3) is 0 Å². The second kappa shape index (κ2) is 5.89. The third-order valence-electron chi connectivity index (χ3n) is 4.03. The van der Waals surface area contributed by atoms with E-state index in [0.717, 1.165) is 32.4 Å². The average Bonchev–Trinajstić information content (AvgIpc) is 2.76. The van der Waals surface area contributed by atoms with Crippen LogP contribution in [0, 0.1) is 5.92 Å². The summed E-state index contributed by atoms with van der Waals surface area (Å²) in [5, 5.41) is 13.9. The Hall–Kier alpha value is -0.800. The Kier molecular flexibility index (Phi) is 4.46. The molecule has 0 saturated heterocycles. The minimum atomic E-state index is -0.481. The van der Waals surface area contributed by atoms with Crippen molar-refractivity contribution in [2.24, 2.45) is 5.92 Å². The van der Waals surface area contributed by atoms with Crippen LogP contribution in [0.5, 0.6) is 0 Å². The second-order valence-corrected chi connectivity index (χ2v) is 5.88. The van der Waals surface area contributed by atoms with E-state index >= 15 is 0 Å². The molecule has 2 N–H and O–H groups in total. The van der Waals surface area contributed by atoms with Gasteiger partial charge in [0, 0.05) is 32.0 Å². The third-order valence-corrected chi connectivity index (χ3v) is 4.03. The molecule has 0 amide bonds. The summed E-state index contributed by atoms with van der Waals surface area (Å²) in [4.78, 5) is 0. The summed E-state index contributed by atoms with van der Waals surface area (Å²) in [5.74, 6) is 0.659. The van der Waals surface area contributed by atoms with Gasteiger partial charge in [-0.2, -0.15) is 0 Å². The summed E-state index contributed by atoms with van der Waals surface area (Å²) in [7, 11) is 0. The molecule has 1 aromatic heterocycles. The van der Waals surface area contributed by atoms with Gasteiger partial charge in [-0.25, -0.2) is 0 Å². The molecule has 102 valence electrons. The smallest absolute Gasteiger partial charge is 0.0774 e. The molecular weight excluding hydrogens is 224 g/mol. The fraction of sp³-hybridized carbons (Fsp3) is 0.733. The first-order valence-corrected chi connectivity index (χ1v) is 7.19. The van der Waals surface area contributed by atoms with Crippen LogP contribution in [0.1, 0.15) is 45.1 Å². The molecule has 0 aliphatic heterocycles. The maximum atomic E-state index is 10.5. The van der Waals surface area contributed by atoms with E-state index in [2.05, 4.69) is 42.2 Å². The monoisotopic (exact) mass is 250 g/mol. The number of hydrogen-bond acceptors (Lipinski definition) is 2. The lowest BCUT2D eigenvalue weighted by atomic mass is 9.79. The van der Waals surface area contributed by atoms with Gasteiger partial charge in [0.15, 0.2) is 0 Å². The van der Waals surface area contributed by atoms with Crippen LogP contribution in [0.3, 0.4) is 0 Å². The van der Waals surface area contributed by atoms with Crippen molar-refractivity contribution in [2.45, 2.75) is 58.2 Å². The van der Waals surface area contributed by atoms with Gasteiger partial charge in [-0.3, -0.25) is 0 Å². The lowest BCUT2D eigenvalue weighted by Crippen LogP contribution is -2.43. The number of aromatic nitrogens is 1. The van der Waals surface area contributed by atoms with Crippen molar-refractivity contribution in [1.29, 1.82) is 0 Å². The summed E-state index contributed by atoms with van der Waals surface area (Å²) in [5.41, 5.74) is 0.814. The van der Waals surface area contributed by atoms with Gasteiger partial charge >= 0.3 is 0 Å². The van der Waals surface area contributed by atoms with Crippen molar-refractivity contribution in [3.8, 4) is 0 Å². The first-order valence-electron chi connectivity index (χ1n) is 7.19. The molecule has 2 atom stereocenters. The van der Waals surface area contributed by atoms with Crippen molar-refractivity contribution in [1.82, 2.24) is 9.88 Å². The standard InChI is InChI=1S/C15H26N2O/c1-3-17-8-6-14(11-17)10-16-12-15(18)7-4-5-13(2)9-15/h6,8,11,13,16,18H,3-5,7,9-10,12H2,1-2H3. The van der Waals surface area contributed by atoms with E-state index in [9.17, 15) is 5.11 Å². The van der Waals surface area contributed by atoms with Gasteiger partial charge in [0.25, 0.3) is 0 Å².